The van der Waals surface area contributed by atoms with Crippen molar-refractivity contribution < 1.29 is 18.8 Å². The minimum atomic E-state index is -0.397. The van der Waals surface area contributed by atoms with Crippen molar-refractivity contribution >= 4 is 39.6 Å². The van der Waals surface area contributed by atoms with Crippen molar-refractivity contribution in [1.29, 1.82) is 0 Å². The number of carbonyl (C=O) groups is 1. The number of hydrogen-bond acceptors (Lipinski definition) is 8. The van der Waals surface area contributed by atoms with Crippen LogP contribution < -0.4 is 10.8 Å². The van der Waals surface area contributed by atoms with Gasteiger partial charge in [0.05, 0.1) is 10.2 Å². The second-order valence-electron chi connectivity index (χ2n) is 5.46. The summed E-state index contributed by atoms with van der Waals surface area (Å²) in [5.74, 6) is -0.538. The molecule has 0 aliphatic heterocycles. The highest BCUT2D eigenvalue weighted by Gasteiger charge is 2.12. The number of anilines is 2. The Kier molecular flexibility index (Phi) is 6.63. The Hall–Kier alpha value is -3.34. The van der Waals surface area contributed by atoms with Gasteiger partial charge in [-0.15, -0.1) is 0 Å². The number of nitrogens with zero attached hydrogens (tertiary/aromatic N) is 4. The van der Waals surface area contributed by atoms with Crippen LogP contribution in [0.25, 0.3) is 0 Å². The lowest BCUT2D eigenvalue weighted by molar-refractivity contribution is -0.116. The van der Waals surface area contributed by atoms with Gasteiger partial charge < -0.3 is 5.32 Å². The van der Waals surface area contributed by atoms with Crippen molar-refractivity contribution in [3.8, 4) is 0 Å². The molecule has 0 unspecified atom stereocenters. The standard InChI is InChI=1S/C17H14BrFN6O3/c18-13-8-12(4-5-14(13)19)23-27-21-10-15-17(25-28-24-15)22-16(26)6-3-11-2-1-7-20-9-11/h1-2,4-5,7-10,23H,3,6H2,(H,22,25,26)/b21-10+. The molecule has 0 saturated carbocycles. The number of halogens is 2. The van der Waals surface area contributed by atoms with Crippen molar-refractivity contribution in [2.24, 2.45) is 5.16 Å². The van der Waals surface area contributed by atoms with Crippen molar-refractivity contribution in [1.82, 2.24) is 15.3 Å². The van der Waals surface area contributed by atoms with Gasteiger partial charge >= 0.3 is 0 Å². The molecule has 0 saturated heterocycles. The van der Waals surface area contributed by atoms with Gasteiger partial charge in [0.25, 0.3) is 0 Å². The van der Waals surface area contributed by atoms with Crippen LogP contribution in [0.1, 0.15) is 17.7 Å². The summed E-state index contributed by atoms with van der Waals surface area (Å²) in [6, 6.07) is 7.92. The van der Waals surface area contributed by atoms with Crippen molar-refractivity contribution in [3.05, 3.63) is 64.3 Å². The first-order valence-electron chi connectivity index (χ1n) is 8.03. The lowest BCUT2D eigenvalue weighted by Gasteiger charge is -2.03. The van der Waals surface area contributed by atoms with Crippen LogP contribution in [0.3, 0.4) is 0 Å². The Morgan fingerprint density at radius 3 is 3.04 bits per heavy atom. The van der Waals surface area contributed by atoms with E-state index in [9.17, 15) is 9.18 Å². The third kappa shape index (κ3) is 5.58. The van der Waals surface area contributed by atoms with Gasteiger partial charge in [-0.25, -0.2) is 9.02 Å². The molecule has 0 radical (unpaired) electrons. The van der Waals surface area contributed by atoms with Gasteiger partial charge in [0.15, 0.2) is 5.69 Å². The summed E-state index contributed by atoms with van der Waals surface area (Å²) in [5.41, 5.74) is 4.11. The van der Waals surface area contributed by atoms with Crippen LogP contribution in [0.2, 0.25) is 0 Å². The molecule has 28 heavy (non-hydrogen) atoms. The molecule has 2 heterocycles. The van der Waals surface area contributed by atoms with Gasteiger partial charge in [-0.05, 0) is 62.5 Å². The third-order valence-corrected chi connectivity index (χ3v) is 4.05. The first-order chi connectivity index (χ1) is 13.6. The zero-order valence-corrected chi connectivity index (χ0v) is 15.9. The number of aromatic nitrogens is 3. The van der Waals surface area contributed by atoms with E-state index < -0.39 is 5.82 Å². The van der Waals surface area contributed by atoms with Gasteiger partial charge in [0, 0.05) is 18.8 Å². The quantitative estimate of drug-likeness (QED) is 0.401. The number of hydrogen-bond donors (Lipinski definition) is 2. The summed E-state index contributed by atoms with van der Waals surface area (Å²) >= 11 is 3.06. The van der Waals surface area contributed by atoms with E-state index in [0.717, 1.165) is 5.56 Å². The van der Waals surface area contributed by atoms with Crippen LogP contribution in [-0.4, -0.2) is 27.4 Å². The zero-order valence-electron chi connectivity index (χ0n) is 14.3. The Bertz CT molecular complexity index is 967. The fourth-order valence-electron chi connectivity index (χ4n) is 2.08. The maximum atomic E-state index is 13.2. The van der Waals surface area contributed by atoms with E-state index in [1.54, 1.807) is 12.4 Å². The van der Waals surface area contributed by atoms with E-state index in [1.165, 1.54) is 24.4 Å². The van der Waals surface area contributed by atoms with Gasteiger partial charge in [-0.3, -0.25) is 14.7 Å². The first kappa shape index (κ1) is 19.4. The molecule has 0 fully saturated rings. The highest BCUT2D eigenvalue weighted by atomic mass is 79.9. The number of carbonyl (C=O) groups excluding carboxylic acids is 1. The molecular weight excluding hydrogens is 435 g/mol. The number of rotatable bonds is 8. The second kappa shape index (κ2) is 9.55. The number of benzene rings is 1. The average molecular weight is 449 g/mol. The normalized spacial score (nSPS) is 10.8. The van der Waals surface area contributed by atoms with Crippen molar-refractivity contribution in [2.75, 3.05) is 10.8 Å². The van der Waals surface area contributed by atoms with Crippen molar-refractivity contribution in [2.45, 2.75) is 12.8 Å². The second-order valence-corrected chi connectivity index (χ2v) is 6.32. The molecule has 1 aromatic carbocycles. The Balaban J connectivity index is 1.49. The van der Waals surface area contributed by atoms with E-state index in [0.29, 0.717) is 12.1 Å². The van der Waals surface area contributed by atoms with Crippen LogP contribution in [0.15, 0.2) is 57.0 Å². The molecule has 2 aromatic heterocycles. The number of oxime groups is 1. The van der Waals surface area contributed by atoms with E-state index in [1.807, 2.05) is 12.1 Å². The fourth-order valence-corrected chi connectivity index (χ4v) is 2.46. The van der Waals surface area contributed by atoms with E-state index in [4.69, 9.17) is 4.94 Å². The highest BCUT2D eigenvalue weighted by molar-refractivity contribution is 9.10. The summed E-state index contributed by atoms with van der Waals surface area (Å²) in [6.07, 6.45) is 5.36. The molecule has 0 atom stereocenters. The monoisotopic (exact) mass is 448 g/mol. The maximum Gasteiger partial charge on any atom is 0.226 e. The molecule has 144 valence electrons. The minimum Gasteiger partial charge on any atom is -0.306 e. The Morgan fingerprint density at radius 1 is 1.36 bits per heavy atom. The Morgan fingerprint density at radius 2 is 2.25 bits per heavy atom. The average Bonchev–Trinajstić information content (AvgIpc) is 3.14. The van der Waals surface area contributed by atoms with Crippen LogP contribution in [0.4, 0.5) is 15.9 Å². The number of aryl methyl sites for hydroxylation is 1. The third-order valence-electron chi connectivity index (χ3n) is 3.45. The molecule has 3 aromatic rings. The molecule has 0 aliphatic rings. The first-order valence-corrected chi connectivity index (χ1v) is 8.83. The van der Waals surface area contributed by atoms with Crippen LogP contribution >= 0.6 is 15.9 Å². The lowest BCUT2D eigenvalue weighted by atomic mass is 10.1. The molecule has 3 rings (SSSR count). The number of amides is 1. The smallest absolute Gasteiger partial charge is 0.226 e. The van der Waals surface area contributed by atoms with E-state index in [-0.39, 0.29) is 28.3 Å². The lowest BCUT2D eigenvalue weighted by Crippen LogP contribution is -2.14. The van der Waals surface area contributed by atoms with Gasteiger partial charge in [0.2, 0.25) is 11.7 Å². The van der Waals surface area contributed by atoms with Gasteiger partial charge in [-0.1, -0.05) is 11.2 Å². The summed E-state index contributed by atoms with van der Waals surface area (Å²) in [6.45, 7) is 0. The topological polar surface area (TPSA) is 115 Å². The number of nitrogens with one attached hydrogen (secondary N) is 2. The van der Waals surface area contributed by atoms with Crippen LogP contribution in [0, 0.1) is 5.82 Å². The molecule has 0 bridgehead atoms. The van der Waals surface area contributed by atoms with E-state index in [2.05, 4.69) is 51.8 Å². The van der Waals surface area contributed by atoms with Crippen molar-refractivity contribution in [3.63, 3.8) is 0 Å². The Labute approximate surface area is 167 Å². The summed E-state index contributed by atoms with van der Waals surface area (Å²) in [5, 5.41) is 13.5. The minimum absolute atomic E-state index is 0.119. The predicted molar refractivity (Wildman–Crippen MR) is 102 cm³/mol. The number of pyridine rings is 1. The van der Waals surface area contributed by atoms with Gasteiger partial charge in [-0.2, -0.15) is 5.48 Å². The van der Waals surface area contributed by atoms with Gasteiger partial charge in [0.1, 0.15) is 12.0 Å². The van der Waals surface area contributed by atoms with E-state index >= 15 is 0 Å². The maximum absolute atomic E-state index is 13.2. The summed E-state index contributed by atoms with van der Waals surface area (Å²) < 4.78 is 18.1. The molecule has 0 aliphatic carbocycles. The molecule has 9 nitrogen and oxygen atoms in total. The zero-order chi connectivity index (χ0) is 19.8. The van der Waals surface area contributed by atoms with Crippen LogP contribution in [0.5, 0.6) is 0 Å². The molecule has 1 amide bonds. The molecule has 11 heteroatoms. The highest BCUT2D eigenvalue weighted by Crippen LogP contribution is 2.20. The van der Waals surface area contributed by atoms with Crippen LogP contribution in [-0.2, 0) is 16.2 Å². The predicted octanol–water partition coefficient (Wildman–Crippen LogP) is 3.32. The molecule has 2 N–H and O–H groups in total. The SMILES string of the molecule is O=C(CCc1cccnc1)Nc1nonc1/C=N/ONc1ccc(F)c(Br)c1. The molecule has 0 spiro atoms. The molecular formula is C17H14BrFN6O3. The summed E-state index contributed by atoms with van der Waals surface area (Å²) in [4.78, 5) is 20.9. The summed E-state index contributed by atoms with van der Waals surface area (Å²) in [7, 11) is 0. The fraction of sp³-hybridized carbons (Fsp3) is 0.118. The largest absolute Gasteiger partial charge is 0.306 e.